The first-order valence-electron chi connectivity index (χ1n) is 9.82. The van der Waals surface area contributed by atoms with Crippen molar-refractivity contribution >= 4 is 0 Å². The zero-order valence-electron chi connectivity index (χ0n) is 18.5. The van der Waals surface area contributed by atoms with Gasteiger partial charge in [-0.1, -0.05) is 13.8 Å². The van der Waals surface area contributed by atoms with Crippen LogP contribution in [0.15, 0.2) is 12.1 Å². The smallest absolute Gasteiger partial charge is 0.203 e. The molecule has 0 radical (unpaired) electrons. The Morgan fingerprint density at radius 2 is 1.33 bits per heavy atom. The molecule has 0 amide bonds. The van der Waals surface area contributed by atoms with E-state index < -0.39 is 6.10 Å². The molecule has 3 rings (SSSR count). The average molecular weight is 418 g/mol. The van der Waals surface area contributed by atoms with E-state index in [1.807, 2.05) is 6.92 Å². The van der Waals surface area contributed by atoms with Gasteiger partial charge in [-0.25, -0.2) is 0 Å². The summed E-state index contributed by atoms with van der Waals surface area (Å²) in [7, 11) is 7.61. The number of rotatable bonds is 5. The zero-order valence-corrected chi connectivity index (χ0v) is 18.5. The van der Waals surface area contributed by atoms with E-state index in [2.05, 4.69) is 6.92 Å². The average Bonchev–Trinajstić information content (AvgIpc) is 2.75. The Morgan fingerprint density at radius 1 is 0.767 bits per heavy atom. The van der Waals surface area contributed by atoms with Crippen molar-refractivity contribution in [1.82, 2.24) is 0 Å². The van der Waals surface area contributed by atoms with Crippen LogP contribution in [0.2, 0.25) is 0 Å². The Labute approximate surface area is 177 Å². The molecule has 2 aromatic rings. The largest absolute Gasteiger partial charge is 0.504 e. The highest BCUT2D eigenvalue weighted by Crippen LogP contribution is 2.57. The molecule has 1 aliphatic rings. The van der Waals surface area contributed by atoms with Gasteiger partial charge < -0.3 is 33.9 Å². The number of phenols is 1. The van der Waals surface area contributed by atoms with Crippen molar-refractivity contribution in [2.45, 2.75) is 26.4 Å². The summed E-state index contributed by atoms with van der Waals surface area (Å²) >= 11 is 0. The first-order valence-corrected chi connectivity index (χ1v) is 9.82. The molecule has 0 saturated carbocycles. The molecule has 164 valence electrons. The molecule has 2 aromatic carbocycles. The van der Waals surface area contributed by atoms with Gasteiger partial charge in [0.05, 0.1) is 41.7 Å². The minimum absolute atomic E-state index is 0.00457. The lowest BCUT2D eigenvalue weighted by molar-refractivity contribution is 0.0862. The van der Waals surface area contributed by atoms with Gasteiger partial charge in [0.15, 0.2) is 23.0 Å². The third-order valence-corrected chi connectivity index (χ3v) is 6.07. The quantitative estimate of drug-likeness (QED) is 0.760. The molecule has 1 aliphatic carbocycles. The number of aliphatic hydroxyl groups excluding tert-OH is 1. The van der Waals surface area contributed by atoms with Crippen LogP contribution >= 0.6 is 0 Å². The van der Waals surface area contributed by atoms with Crippen molar-refractivity contribution in [2.75, 3.05) is 35.5 Å². The van der Waals surface area contributed by atoms with E-state index in [0.29, 0.717) is 46.1 Å². The summed E-state index contributed by atoms with van der Waals surface area (Å²) in [4.78, 5) is 0. The van der Waals surface area contributed by atoms with Crippen LogP contribution < -0.4 is 23.7 Å². The fraction of sp³-hybridized carbons (Fsp3) is 0.478. The highest BCUT2D eigenvalue weighted by Gasteiger charge is 2.36. The summed E-state index contributed by atoms with van der Waals surface area (Å²) in [6.07, 6.45) is -0.153. The molecule has 3 atom stereocenters. The molecule has 0 heterocycles. The lowest BCUT2D eigenvalue weighted by Crippen LogP contribution is -2.23. The van der Waals surface area contributed by atoms with Crippen molar-refractivity contribution in [2.24, 2.45) is 11.8 Å². The molecule has 0 bridgehead atoms. The van der Waals surface area contributed by atoms with Crippen LogP contribution in [0.4, 0.5) is 0 Å². The molecule has 0 fully saturated rings. The Bertz CT molecular complexity index is 938. The fourth-order valence-corrected chi connectivity index (χ4v) is 4.30. The van der Waals surface area contributed by atoms with Gasteiger partial charge in [-0.2, -0.15) is 0 Å². The van der Waals surface area contributed by atoms with E-state index in [0.717, 1.165) is 5.56 Å². The summed E-state index contributed by atoms with van der Waals surface area (Å²) in [5.41, 5.74) is 2.82. The van der Waals surface area contributed by atoms with Crippen LogP contribution in [-0.2, 0) is 6.42 Å². The van der Waals surface area contributed by atoms with Gasteiger partial charge in [0.2, 0.25) is 11.5 Å². The summed E-state index contributed by atoms with van der Waals surface area (Å²) < 4.78 is 28.0. The summed E-state index contributed by atoms with van der Waals surface area (Å²) in [5.74, 6) is 1.93. The second-order valence-corrected chi connectivity index (χ2v) is 7.59. The van der Waals surface area contributed by atoms with E-state index in [1.54, 1.807) is 26.4 Å². The second-order valence-electron chi connectivity index (χ2n) is 7.59. The maximum Gasteiger partial charge on any atom is 0.203 e. The molecule has 2 N–H and O–H groups in total. The van der Waals surface area contributed by atoms with Gasteiger partial charge >= 0.3 is 0 Å². The van der Waals surface area contributed by atoms with Crippen LogP contribution in [0.5, 0.6) is 34.5 Å². The number of fused-ring (bicyclic) bond motifs is 3. The van der Waals surface area contributed by atoms with Crippen molar-refractivity contribution in [1.29, 1.82) is 0 Å². The fourth-order valence-electron chi connectivity index (χ4n) is 4.30. The molecule has 0 spiro atoms. The van der Waals surface area contributed by atoms with Crippen LogP contribution in [0.1, 0.15) is 31.1 Å². The van der Waals surface area contributed by atoms with Gasteiger partial charge in [0.25, 0.3) is 0 Å². The minimum atomic E-state index is -0.777. The SMILES string of the molecule is COc1cc2c(c(OC)c1OC)-c1c(cc(O)c(OC)c1OC)C[C@@H](C)[C@@H](C)[C@H]2O. The highest BCUT2D eigenvalue weighted by atomic mass is 16.5. The number of benzene rings is 2. The van der Waals surface area contributed by atoms with Gasteiger partial charge in [-0.3, -0.25) is 0 Å². The molecule has 0 aliphatic heterocycles. The number of aromatic hydroxyl groups is 1. The lowest BCUT2D eigenvalue weighted by Gasteiger charge is -2.33. The third-order valence-electron chi connectivity index (χ3n) is 6.07. The monoisotopic (exact) mass is 418 g/mol. The van der Waals surface area contributed by atoms with Crippen LogP contribution in [-0.4, -0.2) is 45.8 Å². The Balaban J connectivity index is 2.55. The third kappa shape index (κ3) is 3.27. The molecular formula is C23H30O7. The van der Waals surface area contributed by atoms with Crippen molar-refractivity contribution in [3.8, 4) is 45.6 Å². The molecule has 7 heteroatoms. The van der Waals surface area contributed by atoms with Gasteiger partial charge in [-0.05, 0) is 41.5 Å². The van der Waals surface area contributed by atoms with Crippen molar-refractivity contribution < 1.29 is 33.9 Å². The number of aliphatic hydroxyl groups is 1. The minimum Gasteiger partial charge on any atom is -0.504 e. The first kappa shape index (κ1) is 21.9. The summed E-state index contributed by atoms with van der Waals surface area (Å²) in [6.45, 7) is 4.09. The zero-order chi connectivity index (χ0) is 22.2. The standard InChI is InChI=1S/C23H30O7/c1-11-8-13-9-15(24)20(27-4)22(29-6)17(13)18-14(19(25)12(11)2)10-16(26-3)21(28-5)23(18)30-7/h9-12,19,24-25H,8H2,1-7H3/t11-,12-,19-/m1/s1. The topological polar surface area (TPSA) is 86.6 Å². The Hall–Kier alpha value is -2.80. The highest BCUT2D eigenvalue weighted by molar-refractivity contribution is 5.88. The number of hydrogen-bond donors (Lipinski definition) is 2. The molecule has 0 saturated heterocycles. The molecule has 0 aromatic heterocycles. The van der Waals surface area contributed by atoms with Crippen LogP contribution in [0.3, 0.4) is 0 Å². The first-order chi connectivity index (χ1) is 14.3. The van der Waals surface area contributed by atoms with Crippen LogP contribution in [0.25, 0.3) is 11.1 Å². The molecular weight excluding hydrogens is 388 g/mol. The summed E-state index contributed by atoms with van der Waals surface area (Å²) in [5, 5.41) is 21.9. The predicted octanol–water partition coefficient (Wildman–Crippen LogP) is 3.96. The Kier molecular flexibility index (Phi) is 6.22. The Morgan fingerprint density at radius 3 is 1.87 bits per heavy atom. The molecule has 0 unspecified atom stereocenters. The van der Waals surface area contributed by atoms with Gasteiger partial charge in [0.1, 0.15) is 0 Å². The normalized spacial score (nSPS) is 20.3. The number of ether oxygens (including phenoxy) is 5. The number of methoxy groups -OCH3 is 5. The van der Waals surface area contributed by atoms with E-state index in [4.69, 9.17) is 23.7 Å². The van der Waals surface area contributed by atoms with Crippen molar-refractivity contribution in [3.05, 3.63) is 23.3 Å². The maximum atomic E-state index is 11.3. The van der Waals surface area contributed by atoms with E-state index in [9.17, 15) is 10.2 Å². The van der Waals surface area contributed by atoms with E-state index in [1.165, 1.54) is 21.3 Å². The molecule has 30 heavy (non-hydrogen) atoms. The van der Waals surface area contributed by atoms with Gasteiger partial charge in [-0.15, -0.1) is 0 Å². The lowest BCUT2D eigenvalue weighted by atomic mass is 9.76. The summed E-state index contributed by atoms with van der Waals surface area (Å²) in [6, 6.07) is 3.47. The van der Waals surface area contributed by atoms with Gasteiger partial charge in [0, 0.05) is 11.1 Å². The van der Waals surface area contributed by atoms with E-state index >= 15 is 0 Å². The predicted molar refractivity (Wildman–Crippen MR) is 113 cm³/mol. The number of hydrogen-bond acceptors (Lipinski definition) is 7. The van der Waals surface area contributed by atoms with Crippen molar-refractivity contribution in [3.63, 3.8) is 0 Å². The van der Waals surface area contributed by atoms with Crippen LogP contribution in [0, 0.1) is 11.8 Å². The number of phenolic OH excluding ortho intramolecular Hbond substituents is 1. The van der Waals surface area contributed by atoms with E-state index in [-0.39, 0.29) is 23.3 Å². The molecule has 7 nitrogen and oxygen atoms in total. The maximum absolute atomic E-state index is 11.3. The second kappa shape index (κ2) is 8.52.